The Morgan fingerprint density at radius 1 is 1.27 bits per heavy atom. The van der Waals surface area contributed by atoms with E-state index in [1.807, 2.05) is 24.3 Å². The van der Waals surface area contributed by atoms with E-state index < -0.39 is 6.04 Å². The first-order valence-corrected chi connectivity index (χ1v) is 10.3. The second-order valence-corrected chi connectivity index (χ2v) is 7.83. The van der Waals surface area contributed by atoms with E-state index >= 15 is 0 Å². The number of nitrogens with one attached hydrogen (secondary N) is 1. The first-order valence-electron chi connectivity index (χ1n) is 9.47. The summed E-state index contributed by atoms with van der Waals surface area (Å²) in [6.45, 7) is 3.36. The number of fused-ring (bicyclic) bond motifs is 1. The quantitative estimate of drug-likeness (QED) is 0.561. The van der Waals surface area contributed by atoms with Crippen LogP contribution in [0.4, 0.5) is 0 Å². The molecule has 5 nitrogen and oxygen atoms in total. The van der Waals surface area contributed by atoms with Crippen molar-refractivity contribution in [2.24, 2.45) is 5.92 Å². The standard InChI is InChI=1S/C20H26N2O3S/c1-2-3-4-8-16(21-19(24)14-10-12-25-13-11-14)18(23)20-22-15-7-5-6-9-17(15)26-20/h5-7,9,14,16H,2-4,8,10-13H2,1H3,(H,21,24)/t16-/m0/s1. The molecule has 1 aliphatic heterocycles. The van der Waals surface area contributed by atoms with Crippen LogP contribution in [0.2, 0.25) is 0 Å². The topological polar surface area (TPSA) is 68.3 Å². The molecule has 0 bridgehead atoms. The molecule has 2 heterocycles. The molecule has 1 aromatic heterocycles. The van der Waals surface area contributed by atoms with Crippen molar-refractivity contribution >= 4 is 33.2 Å². The van der Waals surface area contributed by atoms with Gasteiger partial charge in [-0.15, -0.1) is 11.3 Å². The monoisotopic (exact) mass is 374 g/mol. The van der Waals surface area contributed by atoms with Gasteiger partial charge in [0.2, 0.25) is 11.7 Å². The Labute approximate surface area is 158 Å². The Bertz CT molecular complexity index is 719. The maximum absolute atomic E-state index is 13.0. The van der Waals surface area contributed by atoms with E-state index in [0.717, 1.165) is 42.3 Å². The second kappa shape index (κ2) is 9.24. The van der Waals surface area contributed by atoms with Gasteiger partial charge in [-0.1, -0.05) is 38.3 Å². The van der Waals surface area contributed by atoms with Gasteiger partial charge in [0.1, 0.15) is 0 Å². The lowest BCUT2D eigenvalue weighted by atomic mass is 9.97. The van der Waals surface area contributed by atoms with Crippen LogP contribution in [0.1, 0.15) is 55.3 Å². The summed E-state index contributed by atoms with van der Waals surface area (Å²) in [6, 6.07) is 7.26. The smallest absolute Gasteiger partial charge is 0.223 e. The highest BCUT2D eigenvalue weighted by Gasteiger charge is 2.28. The fraction of sp³-hybridized carbons (Fsp3) is 0.550. The van der Waals surface area contributed by atoms with Crippen LogP contribution in [0, 0.1) is 5.92 Å². The van der Waals surface area contributed by atoms with Gasteiger partial charge in [0.25, 0.3) is 0 Å². The number of nitrogens with zero attached hydrogens (tertiary/aromatic N) is 1. The van der Waals surface area contributed by atoms with Gasteiger partial charge in [-0.2, -0.15) is 0 Å². The normalized spacial score (nSPS) is 16.5. The molecule has 1 aliphatic rings. The van der Waals surface area contributed by atoms with Crippen LogP contribution in [0.15, 0.2) is 24.3 Å². The molecule has 6 heteroatoms. The minimum absolute atomic E-state index is 0.0238. The van der Waals surface area contributed by atoms with E-state index in [1.54, 1.807) is 0 Å². The van der Waals surface area contributed by atoms with E-state index in [9.17, 15) is 9.59 Å². The molecule has 0 unspecified atom stereocenters. The Morgan fingerprint density at radius 3 is 2.77 bits per heavy atom. The Balaban J connectivity index is 1.73. The third-order valence-electron chi connectivity index (χ3n) is 4.83. The number of carbonyl (C=O) groups excluding carboxylic acids is 2. The predicted octanol–water partition coefficient (Wildman–Crippen LogP) is 3.97. The lowest BCUT2D eigenvalue weighted by Crippen LogP contribution is -2.44. The highest BCUT2D eigenvalue weighted by atomic mass is 32.1. The molecule has 0 aliphatic carbocycles. The average Bonchev–Trinajstić information content (AvgIpc) is 3.11. The maximum Gasteiger partial charge on any atom is 0.223 e. The van der Waals surface area contributed by atoms with Crippen LogP contribution >= 0.6 is 11.3 Å². The molecule has 3 rings (SSSR count). The number of ether oxygens (including phenoxy) is 1. The zero-order valence-corrected chi connectivity index (χ0v) is 16.0. The number of carbonyl (C=O) groups is 2. The molecule has 140 valence electrons. The van der Waals surface area contributed by atoms with Gasteiger partial charge in [-0.3, -0.25) is 9.59 Å². The molecular formula is C20H26N2O3S. The average molecular weight is 375 g/mol. The van der Waals surface area contributed by atoms with Crippen molar-refractivity contribution in [3.63, 3.8) is 0 Å². The van der Waals surface area contributed by atoms with E-state index in [-0.39, 0.29) is 17.6 Å². The Hall–Kier alpha value is -1.79. The van der Waals surface area contributed by atoms with Crippen molar-refractivity contribution in [1.29, 1.82) is 0 Å². The zero-order valence-electron chi connectivity index (χ0n) is 15.2. The molecule has 2 aromatic rings. The number of rotatable bonds is 8. The van der Waals surface area contributed by atoms with Crippen molar-refractivity contribution in [2.75, 3.05) is 13.2 Å². The number of amides is 1. The van der Waals surface area contributed by atoms with Crippen LogP contribution < -0.4 is 5.32 Å². The SMILES string of the molecule is CCCCC[C@H](NC(=O)C1CCOCC1)C(=O)c1nc2ccccc2s1. The van der Waals surface area contributed by atoms with Gasteiger partial charge in [0, 0.05) is 19.1 Å². The van der Waals surface area contributed by atoms with Crippen molar-refractivity contribution in [3.05, 3.63) is 29.3 Å². The Morgan fingerprint density at radius 2 is 2.04 bits per heavy atom. The number of ketones is 1. The minimum atomic E-state index is -0.488. The summed E-state index contributed by atoms with van der Waals surface area (Å²) in [7, 11) is 0. The second-order valence-electron chi connectivity index (χ2n) is 6.79. The van der Waals surface area contributed by atoms with Crippen LogP contribution in [0.3, 0.4) is 0 Å². The number of unbranched alkanes of at least 4 members (excludes halogenated alkanes) is 2. The van der Waals surface area contributed by atoms with Crippen LogP contribution in [0.5, 0.6) is 0 Å². The lowest BCUT2D eigenvalue weighted by molar-refractivity contribution is -0.128. The fourth-order valence-electron chi connectivity index (χ4n) is 3.24. The van der Waals surface area contributed by atoms with E-state index in [0.29, 0.717) is 24.6 Å². The number of Topliss-reactive ketones (excluding diaryl/α,β-unsaturated/α-hetero) is 1. The number of hydrogen-bond acceptors (Lipinski definition) is 5. The maximum atomic E-state index is 13.0. The van der Waals surface area contributed by atoms with Crippen molar-refractivity contribution in [3.8, 4) is 0 Å². The molecule has 1 atom stereocenters. The molecule has 26 heavy (non-hydrogen) atoms. The number of aromatic nitrogens is 1. The third-order valence-corrected chi connectivity index (χ3v) is 5.88. The van der Waals surface area contributed by atoms with Crippen molar-refractivity contribution in [1.82, 2.24) is 10.3 Å². The molecule has 1 amide bonds. The highest BCUT2D eigenvalue weighted by Crippen LogP contribution is 2.24. The minimum Gasteiger partial charge on any atom is -0.381 e. The van der Waals surface area contributed by atoms with Crippen LogP contribution in [-0.2, 0) is 9.53 Å². The number of hydrogen-bond donors (Lipinski definition) is 1. The van der Waals surface area contributed by atoms with E-state index in [1.165, 1.54) is 11.3 Å². The first-order chi connectivity index (χ1) is 12.7. The number of benzene rings is 1. The summed E-state index contributed by atoms with van der Waals surface area (Å²) in [5.41, 5.74) is 0.837. The van der Waals surface area contributed by atoms with Gasteiger partial charge >= 0.3 is 0 Å². The first kappa shape index (κ1) is 19.0. The van der Waals surface area contributed by atoms with Gasteiger partial charge < -0.3 is 10.1 Å². The summed E-state index contributed by atoms with van der Waals surface area (Å²) in [6.07, 6.45) is 5.17. The highest BCUT2D eigenvalue weighted by molar-refractivity contribution is 7.20. The largest absolute Gasteiger partial charge is 0.381 e. The Kier molecular flexibility index (Phi) is 6.74. The van der Waals surface area contributed by atoms with E-state index in [4.69, 9.17) is 4.74 Å². The summed E-state index contributed by atoms with van der Waals surface area (Å²) in [5.74, 6) is -0.146. The van der Waals surface area contributed by atoms with Gasteiger partial charge in [-0.25, -0.2) is 4.98 Å². The molecule has 1 saturated heterocycles. The van der Waals surface area contributed by atoms with Gasteiger partial charge in [0.05, 0.1) is 16.3 Å². The summed E-state index contributed by atoms with van der Waals surface area (Å²) >= 11 is 1.40. The number of thiazole rings is 1. The summed E-state index contributed by atoms with van der Waals surface area (Å²) in [5, 5.41) is 3.50. The molecule has 0 radical (unpaired) electrons. The third kappa shape index (κ3) is 4.68. The number of para-hydroxylation sites is 1. The lowest BCUT2D eigenvalue weighted by Gasteiger charge is -2.24. The van der Waals surface area contributed by atoms with E-state index in [2.05, 4.69) is 17.2 Å². The molecule has 1 N–H and O–H groups in total. The molecule has 1 aromatic carbocycles. The molecule has 1 fully saturated rings. The van der Waals surface area contributed by atoms with Gasteiger partial charge in [-0.05, 0) is 31.4 Å². The van der Waals surface area contributed by atoms with Crippen LogP contribution in [0.25, 0.3) is 10.2 Å². The summed E-state index contributed by atoms with van der Waals surface area (Å²) in [4.78, 5) is 30.1. The predicted molar refractivity (Wildman–Crippen MR) is 104 cm³/mol. The molecule has 0 spiro atoms. The molecular weight excluding hydrogens is 348 g/mol. The van der Waals surface area contributed by atoms with Crippen LogP contribution in [-0.4, -0.2) is 35.9 Å². The zero-order chi connectivity index (χ0) is 18.4. The van der Waals surface area contributed by atoms with Crippen molar-refractivity contribution < 1.29 is 14.3 Å². The molecule has 0 saturated carbocycles. The van der Waals surface area contributed by atoms with Gasteiger partial charge in [0.15, 0.2) is 5.01 Å². The van der Waals surface area contributed by atoms with Crippen molar-refractivity contribution in [2.45, 2.75) is 51.5 Å². The fourth-order valence-corrected chi connectivity index (χ4v) is 4.20. The summed E-state index contributed by atoms with van der Waals surface area (Å²) < 4.78 is 6.33.